The molecule has 1 amide bonds. The van der Waals surface area contributed by atoms with Gasteiger partial charge in [-0.2, -0.15) is 5.10 Å². The van der Waals surface area contributed by atoms with Gasteiger partial charge in [0.2, 0.25) is 5.91 Å². The van der Waals surface area contributed by atoms with Gasteiger partial charge in [0.15, 0.2) is 0 Å². The molecule has 0 aliphatic heterocycles. The number of fused-ring (bicyclic) bond motifs is 1. The minimum Gasteiger partial charge on any atom is -0.347 e. The Morgan fingerprint density at radius 2 is 2.17 bits per heavy atom. The van der Waals surface area contributed by atoms with E-state index in [9.17, 15) is 4.79 Å². The summed E-state index contributed by atoms with van der Waals surface area (Å²) >= 11 is 6.14. The van der Waals surface area contributed by atoms with Crippen LogP contribution in [0.15, 0.2) is 30.5 Å². The molecule has 0 aliphatic rings. The second-order valence-electron chi connectivity index (χ2n) is 5.59. The van der Waals surface area contributed by atoms with E-state index in [1.165, 1.54) is 6.08 Å². The number of carbonyl (C=O) groups excluding carboxylic acids is 1. The number of hydrogen-bond donors (Lipinski definition) is 1. The van der Waals surface area contributed by atoms with Crippen molar-refractivity contribution >= 4 is 29.2 Å². The molecule has 0 bridgehead atoms. The normalized spacial score (nSPS) is 11.5. The van der Waals surface area contributed by atoms with Gasteiger partial charge in [-0.25, -0.2) is 4.98 Å². The zero-order chi connectivity index (χ0) is 17.3. The zero-order valence-corrected chi connectivity index (χ0v) is 14.5. The van der Waals surface area contributed by atoms with Crippen LogP contribution < -0.4 is 5.32 Å². The maximum Gasteiger partial charge on any atom is 0.244 e. The van der Waals surface area contributed by atoms with E-state index in [2.05, 4.69) is 15.4 Å². The van der Waals surface area contributed by atoms with Crippen molar-refractivity contribution in [3.05, 3.63) is 58.3 Å². The molecule has 3 heterocycles. The standard InChI is InChI=1S/C17H18ClN5O/c1-11-5-4-6-15-20-13(10-23(11)15)9-19-16(24)8-7-14-12(2)21-22(3)17(14)18/h4-8,10H,9H2,1-3H3,(H,19,24)/b8-7+. The van der Waals surface area contributed by atoms with E-state index >= 15 is 0 Å². The number of pyridine rings is 1. The van der Waals surface area contributed by atoms with Crippen LogP contribution in [0.3, 0.4) is 0 Å². The molecule has 0 fully saturated rings. The van der Waals surface area contributed by atoms with Gasteiger partial charge in [0.05, 0.1) is 17.9 Å². The Hall–Kier alpha value is -2.60. The Labute approximate surface area is 144 Å². The van der Waals surface area contributed by atoms with E-state index < -0.39 is 0 Å². The van der Waals surface area contributed by atoms with E-state index in [4.69, 9.17) is 11.6 Å². The lowest BCUT2D eigenvalue weighted by molar-refractivity contribution is -0.116. The lowest BCUT2D eigenvalue weighted by atomic mass is 10.2. The summed E-state index contributed by atoms with van der Waals surface area (Å²) in [6.45, 7) is 4.23. The van der Waals surface area contributed by atoms with Crippen molar-refractivity contribution in [1.82, 2.24) is 24.5 Å². The Bertz CT molecular complexity index is 938. The highest BCUT2D eigenvalue weighted by atomic mass is 35.5. The Kier molecular flexibility index (Phi) is 4.40. The maximum absolute atomic E-state index is 12.0. The molecule has 0 aromatic carbocycles. The third-order valence-corrected chi connectivity index (χ3v) is 4.24. The van der Waals surface area contributed by atoms with Crippen molar-refractivity contribution in [2.45, 2.75) is 20.4 Å². The lowest BCUT2D eigenvalue weighted by Gasteiger charge is -1.98. The SMILES string of the molecule is Cc1nn(C)c(Cl)c1/C=C/C(=O)NCc1cn2c(C)cccc2n1. The lowest BCUT2D eigenvalue weighted by Crippen LogP contribution is -2.20. The fourth-order valence-corrected chi connectivity index (χ4v) is 2.75. The monoisotopic (exact) mass is 343 g/mol. The summed E-state index contributed by atoms with van der Waals surface area (Å²) in [6.07, 6.45) is 5.06. The second kappa shape index (κ2) is 6.49. The predicted molar refractivity (Wildman–Crippen MR) is 93.8 cm³/mol. The van der Waals surface area contributed by atoms with Gasteiger partial charge in [0.25, 0.3) is 0 Å². The molecule has 3 aromatic heterocycles. The number of hydrogen-bond acceptors (Lipinski definition) is 3. The van der Waals surface area contributed by atoms with Crippen molar-refractivity contribution in [2.75, 3.05) is 0 Å². The van der Waals surface area contributed by atoms with E-state index in [1.807, 2.05) is 42.6 Å². The number of aryl methyl sites for hydroxylation is 3. The first-order valence-electron chi connectivity index (χ1n) is 7.54. The molecule has 124 valence electrons. The molecule has 0 aliphatic carbocycles. The van der Waals surface area contributed by atoms with Crippen LogP contribution in [0.4, 0.5) is 0 Å². The fourth-order valence-electron chi connectivity index (χ4n) is 2.52. The molecule has 0 radical (unpaired) electrons. The Morgan fingerprint density at radius 3 is 2.83 bits per heavy atom. The van der Waals surface area contributed by atoms with Crippen LogP contribution in [0.2, 0.25) is 5.15 Å². The van der Waals surface area contributed by atoms with Gasteiger partial charge in [0, 0.05) is 30.6 Å². The highest BCUT2D eigenvalue weighted by molar-refractivity contribution is 6.31. The van der Waals surface area contributed by atoms with E-state index in [0.717, 1.165) is 28.3 Å². The number of nitrogens with zero attached hydrogens (tertiary/aromatic N) is 4. The summed E-state index contributed by atoms with van der Waals surface area (Å²) in [5.41, 5.74) is 4.30. The first kappa shape index (κ1) is 16.3. The molecule has 3 rings (SSSR count). The number of aromatic nitrogens is 4. The van der Waals surface area contributed by atoms with Crippen LogP contribution in [0, 0.1) is 13.8 Å². The molecule has 0 spiro atoms. The number of amides is 1. The average molecular weight is 344 g/mol. The number of halogens is 1. The van der Waals surface area contributed by atoms with E-state index in [0.29, 0.717) is 11.7 Å². The maximum atomic E-state index is 12.0. The minimum absolute atomic E-state index is 0.205. The van der Waals surface area contributed by atoms with Crippen LogP contribution in [0.25, 0.3) is 11.7 Å². The molecule has 0 unspecified atom stereocenters. The summed E-state index contributed by atoms with van der Waals surface area (Å²) < 4.78 is 3.57. The molecule has 0 saturated carbocycles. The number of imidazole rings is 1. The average Bonchev–Trinajstić information content (AvgIpc) is 3.06. The number of rotatable bonds is 4. The van der Waals surface area contributed by atoms with Gasteiger partial charge in [-0.1, -0.05) is 17.7 Å². The third-order valence-electron chi connectivity index (χ3n) is 3.79. The molecule has 0 atom stereocenters. The van der Waals surface area contributed by atoms with Crippen LogP contribution in [0.5, 0.6) is 0 Å². The van der Waals surface area contributed by atoms with Gasteiger partial charge in [0.1, 0.15) is 10.8 Å². The molecule has 0 saturated heterocycles. The van der Waals surface area contributed by atoms with Gasteiger partial charge >= 0.3 is 0 Å². The first-order chi connectivity index (χ1) is 11.5. The topological polar surface area (TPSA) is 64.2 Å². The van der Waals surface area contributed by atoms with Crippen LogP contribution in [0.1, 0.15) is 22.6 Å². The van der Waals surface area contributed by atoms with Crippen molar-refractivity contribution in [3.63, 3.8) is 0 Å². The van der Waals surface area contributed by atoms with Crippen molar-refractivity contribution < 1.29 is 4.79 Å². The second-order valence-corrected chi connectivity index (χ2v) is 5.95. The number of nitrogens with one attached hydrogen (secondary N) is 1. The van der Waals surface area contributed by atoms with Crippen LogP contribution >= 0.6 is 11.6 Å². The summed E-state index contributed by atoms with van der Waals surface area (Å²) in [4.78, 5) is 16.5. The van der Waals surface area contributed by atoms with Crippen LogP contribution in [-0.4, -0.2) is 25.1 Å². The zero-order valence-electron chi connectivity index (χ0n) is 13.7. The third kappa shape index (κ3) is 3.19. The smallest absolute Gasteiger partial charge is 0.244 e. The highest BCUT2D eigenvalue weighted by Gasteiger charge is 2.09. The van der Waals surface area contributed by atoms with Crippen LogP contribution in [-0.2, 0) is 18.4 Å². The molecule has 6 nitrogen and oxygen atoms in total. The first-order valence-corrected chi connectivity index (χ1v) is 7.92. The summed E-state index contributed by atoms with van der Waals surface area (Å²) in [5, 5.41) is 7.53. The van der Waals surface area contributed by atoms with E-state index in [-0.39, 0.29) is 5.91 Å². The molecule has 3 aromatic rings. The quantitative estimate of drug-likeness (QED) is 0.741. The van der Waals surface area contributed by atoms with Gasteiger partial charge in [-0.3, -0.25) is 9.48 Å². The number of carbonyl (C=O) groups is 1. The minimum atomic E-state index is -0.205. The fraction of sp³-hybridized carbons (Fsp3) is 0.235. The van der Waals surface area contributed by atoms with Crippen molar-refractivity contribution in [2.24, 2.45) is 7.05 Å². The van der Waals surface area contributed by atoms with Gasteiger partial charge < -0.3 is 9.72 Å². The summed E-state index contributed by atoms with van der Waals surface area (Å²) in [7, 11) is 1.76. The van der Waals surface area contributed by atoms with Gasteiger partial charge in [-0.15, -0.1) is 0 Å². The summed E-state index contributed by atoms with van der Waals surface area (Å²) in [5.74, 6) is -0.205. The molecule has 1 N–H and O–H groups in total. The highest BCUT2D eigenvalue weighted by Crippen LogP contribution is 2.19. The van der Waals surface area contributed by atoms with Crippen molar-refractivity contribution in [3.8, 4) is 0 Å². The Morgan fingerprint density at radius 1 is 1.38 bits per heavy atom. The molecule has 7 heteroatoms. The van der Waals surface area contributed by atoms with E-state index in [1.54, 1.807) is 17.8 Å². The van der Waals surface area contributed by atoms with Crippen molar-refractivity contribution in [1.29, 1.82) is 0 Å². The molecular weight excluding hydrogens is 326 g/mol. The Balaban J connectivity index is 1.66. The molecular formula is C17H18ClN5O. The largest absolute Gasteiger partial charge is 0.347 e. The summed E-state index contributed by atoms with van der Waals surface area (Å²) in [6, 6.07) is 5.91. The molecule has 24 heavy (non-hydrogen) atoms. The predicted octanol–water partition coefficient (Wildman–Crippen LogP) is 2.67. The van der Waals surface area contributed by atoms with Gasteiger partial charge in [-0.05, 0) is 32.1 Å².